The number of phosphoric acid groups is 2. The number of allylic oxidation sites excluding steroid dienone is 5. The molecule has 0 amide bonds. The quantitative estimate of drug-likeness (QED) is 0.235. The van der Waals surface area contributed by atoms with Gasteiger partial charge in [-0.3, -0.25) is 4.52 Å². The van der Waals surface area contributed by atoms with Gasteiger partial charge in [-0.25, -0.2) is 9.13 Å². The summed E-state index contributed by atoms with van der Waals surface area (Å²) >= 11 is 0. The maximum atomic E-state index is 11.3. The van der Waals surface area contributed by atoms with E-state index in [9.17, 15) is 14.0 Å². The van der Waals surface area contributed by atoms with E-state index in [1.165, 1.54) is 16.7 Å². The molecule has 0 aliphatic carbocycles. The van der Waals surface area contributed by atoms with Gasteiger partial charge < -0.3 is 19.6 Å². The number of likely N-dealkylation sites (N-methyl/N-ethyl adjacent to an activating group) is 1. The molecule has 8 nitrogen and oxygen atoms in total. The summed E-state index contributed by atoms with van der Waals surface area (Å²) in [5.74, 6) is 0. The Morgan fingerprint density at radius 3 is 1.90 bits per heavy atom. The van der Waals surface area contributed by atoms with Crippen molar-refractivity contribution < 1.29 is 32.6 Å². The monoisotopic (exact) mass is 453 g/mol. The summed E-state index contributed by atoms with van der Waals surface area (Å²) in [4.78, 5) is 28.2. The molecular weight excluding hydrogens is 416 g/mol. The minimum absolute atomic E-state index is 0.177. The van der Waals surface area contributed by atoms with Gasteiger partial charge in [0.2, 0.25) is 0 Å². The highest BCUT2D eigenvalue weighted by molar-refractivity contribution is 7.60. The summed E-state index contributed by atoms with van der Waals surface area (Å²) in [7, 11) is -8.00. The number of nitrogens with zero attached hydrogens (tertiary/aromatic N) is 1. The van der Waals surface area contributed by atoms with Crippen molar-refractivity contribution in [3.05, 3.63) is 34.9 Å². The standard InChI is InChI=1S/C19H37NO7P2/c1-17(2)9-6-10-18(3)11-7-12-19(4)13-8-14-20(5)15-16-26-29(24,25)27-28(21,22)23/h9,11,13H,6-8,10,12,14-16H2,1-5H3,(H,24,25)(H2,21,22,23). The molecule has 29 heavy (non-hydrogen) atoms. The molecule has 0 heterocycles. The number of hydrogen-bond acceptors (Lipinski definition) is 5. The molecule has 170 valence electrons. The maximum Gasteiger partial charge on any atom is 0.481 e. The minimum atomic E-state index is -5.07. The van der Waals surface area contributed by atoms with Gasteiger partial charge in [0, 0.05) is 13.1 Å². The molecule has 3 N–H and O–H groups in total. The first-order chi connectivity index (χ1) is 13.3. The second-order valence-electron chi connectivity index (χ2n) is 7.43. The third kappa shape index (κ3) is 19.2. The van der Waals surface area contributed by atoms with E-state index in [0.717, 1.165) is 38.6 Å². The summed E-state index contributed by atoms with van der Waals surface area (Å²) in [6, 6.07) is 0. The van der Waals surface area contributed by atoms with Crippen LogP contribution in [0.15, 0.2) is 34.9 Å². The molecule has 0 aromatic carbocycles. The summed E-state index contributed by atoms with van der Waals surface area (Å²) in [5, 5.41) is 0. The van der Waals surface area contributed by atoms with Crippen molar-refractivity contribution in [2.24, 2.45) is 0 Å². The van der Waals surface area contributed by atoms with Gasteiger partial charge >= 0.3 is 15.6 Å². The minimum Gasteiger partial charge on any atom is -0.304 e. The lowest BCUT2D eigenvalue weighted by molar-refractivity contribution is 0.161. The van der Waals surface area contributed by atoms with E-state index >= 15 is 0 Å². The highest BCUT2D eigenvalue weighted by atomic mass is 31.3. The van der Waals surface area contributed by atoms with E-state index in [4.69, 9.17) is 9.79 Å². The van der Waals surface area contributed by atoms with Gasteiger partial charge in [0.05, 0.1) is 6.61 Å². The average Bonchev–Trinajstić information content (AvgIpc) is 2.51. The van der Waals surface area contributed by atoms with Crippen molar-refractivity contribution >= 4 is 15.6 Å². The molecule has 0 saturated heterocycles. The van der Waals surface area contributed by atoms with Crippen LogP contribution in [0.2, 0.25) is 0 Å². The second-order valence-corrected chi connectivity index (χ2v) is 10.3. The molecule has 1 unspecified atom stereocenters. The Balaban J connectivity index is 4.05. The molecule has 0 bridgehead atoms. The molecule has 0 spiro atoms. The first-order valence-corrected chi connectivity index (χ1v) is 12.7. The average molecular weight is 453 g/mol. The van der Waals surface area contributed by atoms with Crippen molar-refractivity contribution in [1.29, 1.82) is 0 Å². The molecule has 0 rings (SSSR count). The van der Waals surface area contributed by atoms with E-state index in [1.807, 2.05) is 11.9 Å². The van der Waals surface area contributed by atoms with E-state index in [2.05, 4.69) is 54.8 Å². The number of rotatable bonds is 15. The Morgan fingerprint density at radius 1 is 0.862 bits per heavy atom. The first-order valence-electron chi connectivity index (χ1n) is 9.68. The third-order valence-electron chi connectivity index (χ3n) is 4.06. The lowest BCUT2D eigenvalue weighted by Gasteiger charge is -2.17. The van der Waals surface area contributed by atoms with Crippen molar-refractivity contribution in [3.8, 4) is 0 Å². The zero-order chi connectivity index (χ0) is 22.5. The summed E-state index contributed by atoms with van der Waals surface area (Å²) < 4.78 is 30.2. The van der Waals surface area contributed by atoms with Crippen LogP contribution in [0.25, 0.3) is 0 Å². The first kappa shape index (κ1) is 28.4. The fraction of sp³-hybridized carbons (Fsp3) is 0.684. The predicted molar refractivity (Wildman–Crippen MR) is 116 cm³/mol. The van der Waals surface area contributed by atoms with Crippen molar-refractivity contribution in [2.45, 2.75) is 59.8 Å². The van der Waals surface area contributed by atoms with Gasteiger partial charge in [-0.2, -0.15) is 4.31 Å². The summed E-state index contributed by atoms with van der Waals surface area (Å²) in [6.07, 6.45) is 11.8. The van der Waals surface area contributed by atoms with Crippen LogP contribution < -0.4 is 0 Å². The van der Waals surface area contributed by atoms with E-state index in [-0.39, 0.29) is 6.61 Å². The zero-order valence-corrected chi connectivity index (χ0v) is 20.0. The van der Waals surface area contributed by atoms with Crippen molar-refractivity contribution in [3.63, 3.8) is 0 Å². The lowest BCUT2D eigenvalue weighted by atomic mass is 10.1. The highest BCUT2D eigenvalue weighted by Crippen LogP contribution is 2.57. The maximum absolute atomic E-state index is 11.3. The van der Waals surface area contributed by atoms with E-state index in [1.54, 1.807) is 0 Å². The van der Waals surface area contributed by atoms with E-state index < -0.39 is 15.6 Å². The second kappa shape index (κ2) is 14.4. The molecule has 0 saturated carbocycles. The number of hydrogen-bond donors (Lipinski definition) is 3. The van der Waals surface area contributed by atoms with Gasteiger partial charge in [0.25, 0.3) is 0 Å². The van der Waals surface area contributed by atoms with Crippen LogP contribution in [-0.4, -0.2) is 46.3 Å². The molecular formula is C19H37NO7P2. The Bertz CT molecular complexity index is 663. The molecule has 1 atom stereocenters. The van der Waals surface area contributed by atoms with Gasteiger partial charge in [-0.05, 0) is 66.8 Å². The Labute approximate surface area is 175 Å². The van der Waals surface area contributed by atoms with Gasteiger partial charge in [-0.15, -0.1) is 0 Å². The van der Waals surface area contributed by atoms with Gasteiger partial charge in [-0.1, -0.05) is 34.9 Å². The Hall–Kier alpha value is -0.560. The van der Waals surface area contributed by atoms with Crippen LogP contribution in [0.1, 0.15) is 59.8 Å². The summed E-state index contributed by atoms with van der Waals surface area (Å²) in [5.41, 5.74) is 4.09. The Morgan fingerprint density at radius 2 is 1.38 bits per heavy atom. The van der Waals surface area contributed by atoms with Gasteiger partial charge in [0.1, 0.15) is 0 Å². The molecule has 0 fully saturated rings. The third-order valence-corrected chi connectivity index (χ3v) is 6.25. The zero-order valence-electron chi connectivity index (χ0n) is 18.2. The summed E-state index contributed by atoms with van der Waals surface area (Å²) in [6.45, 7) is 9.39. The molecule has 0 aliphatic heterocycles. The number of phosphoric ester groups is 1. The highest BCUT2D eigenvalue weighted by Gasteiger charge is 2.32. The lowest BCUT2D eigenvalue weighted by Crippen LogP contribution is -2.23. The van der Waals surface area contributed by atoms with Crippen LogP contribution in [0.4, 0.5) is 0 Å². The predicted octanol–water partition coefficient (Wildman–Crippen LogP) is 4.95. The SMILES string of the molecule is CC(C)=CCCC(C)=CCCC(C)=CCCN(C)CCOP(=O)(O)OP(=O)(O)O. The Kier molecular flexibility index (Phi) is 14.2. The fourth-order valence-corrected chi connectivity index (χ4v) is 4.03. The fourth-order valence-electron chi connectivity index (χ4n) is 2.45. The molecule has 10 heteroatoms. The van der Waals surface area contributed by atoms with Crippen molar-refractivity contribution in [1.82, 2.24) is 4.90 Å². The van der Waals surface area contributed by atoms with Crippen molar-refractivity contribution in [2.75, 3.05) is 26.7 Å². The topological polar surface area (TPSA) is 117 Å². The van der Waals surface area contributed by atoms with Crippen LogP contribution in [0, 0.1) is 0 Å². The van der Waals surface area contributed by atoms with Crippen LogP contribution >= 0.6 is 15.6 Å². The smallest absolute Gasteiger partial charge is 0.304 e. The molecule has 0 aromatic rings. The molecule has 0 radical (unpaired) electrons. The van der Waals surface area contributed by atoms with Crippen LogP contribution in [0.5, 0.6) is 0 Å². The van der Waals surface area contributed by atoms with E-state index in [0.29, 0.717) is 6.54 Å². The normalized spacial score (nSPS) is 15.5. The largest absolute Gasteiger partial charge is 0.481 e. The van der Waals surface area contributed by atoms with Crippen LogP contribution in [0.3, 0.4) is 0 Å². The molecule has 0 aromatic heterocycles. The molecule has 0 aliphatic rings. The van der Waals surface area contributed by atoms with Crippen LogP contribution in [-0.2, 0) is 18.0 Å². The van der Waals surface area contributed by atoms with Gasteiger partial charge in [0.15, 0.2) is 0 Å².